The van der Waals surface area contributed by atoms with Crippen LogP contribution in [0.1, 0.15) is 49.9 Å². The summed E-state index contributed by atoms with van der Waals surface area (Å²) < 4.78 is 16.8. The second-order valence-corrected chi connectivity index (χ2v) is 6.84. The molecule has 0 amide bonds. The molecule has 150 valence electrons. The van der Waals surface area contributed by atoms with E-state index >= 15 is 0 Å². The van der Waals surface area contributed by atoms with Gasteiger partial charge in [0.15, 0.2) is 0 Å². The van der Waals surface area contributed by atoms with Gasteiger partial charge >= 0.3 is 5.97 Å². The van der Waals surface area contributed by atoms with E-state index < -0.39 is 5.97 Å². The highest BCUT2D eigenvalue weighted by atomic mass is 16.5. The van der Waals surface area contributed by atoms with Gasteiger partial charge in [-0.2, -0.15) is 0 Å². The monoisotopic (exact) mass is 382 g/mol. The lowest BCUT2D eigenvalue weighted by molar-refractivity contribution is 0.0734. The molecule has 28 heavy (non-hydrogen) atoms. The Hall–Kier alpha value is -2.75. The molecule has 0 radical (unpaired) electrons. The predicted molar refractivity (Wildman–Crippen MR) is 112 cm³/mol. The van der Waals surface area contributed by atoms with Crippen molar-refractivity contribution < 1.29 is 19.0 Å². The zero-order chi connectivity index (χ0) is 20.2. The zero-order valence-electron chi connectivity index (χ0n) is 16.9. The third-order valence-electron chi connectivity index (χ3n) is 4.43. The van der Waals surface area contributed by atoms with Crippen molar-refractivity contribution in [2.45, 2.75) is 39.5 Å². The number of benzene rings is 2. The SMILES string of the molecule is C=CCCCCOc1ccc(OC(=O)c2ccc(OCC(C)CC)cc2)cc1. The Kier molecular flexibility index (Phi) is 9.13. The van der Waals surface area contributed by atoms with Gasteiger partial charge in [0.25, 0.3) is 0 Å². The molecule has 0 aliphatic heterocycles. The van der Waals surface area contributed by atoms with Crippen molar-refractivity contribution in [3.63, 3.8) is 0 Å². The van der Waals surface area contributed by atoms with E-state index in [9.17, 15) is 4.79 Å². The summed E-state index contributed by atoms with van der Waals surface area (Å²) in [5, 5.41) is 0. The molecule has 0 aromatic heterocycles. The Labute approximate surface area is 168 Å². The summed E-state index contributed by atoms with van der Waals surface area (Å²) in [7, 11) is 0. The second-order valence-electron chi connectivity index (χ2n) is 6.84. The predicted octanol–water partition coefficient (Wildman–Crippen LogP) is 6.07. The van der Waals surface area contributed by atoms with Crippen molar-refractivity contribution in [1.29, 1.82) is 0 Å². The first-order valence-electron chi connectivity index (χ1n) is 9.91. The Morgan fingerprint density at radius 2 is 1.57 bits per heavy atom. The maximum absolute atomic E-state index is 12.3. The van der Waals surface area contributed by atoms with Gasteiger partial charge in [0.1, 0.15) is 17.2 Å². The maximum Gasteiger partial charge on any atom is 0.343 e. The minimum absolute atomic E-state index is 0.397. The van der Waals surface area contributed by atoms with Crippen molar-refractivity contribution in [1.82, 2.24) is 0 Å². The van der Waals surface area contributed by atoms with Gasteiger partial charge in [-0.15, -0.1) is 6.58 Å². The first-order chi connectivity index (χ1) is 13.6. The van der Waals surface area contributed by atoms with Gasteiger partial charge in [-0.1, -0.05) is 26.3 Å². The molecule has 0 heterocycles. The molecule has 0 saturated carbocycles. The number of ether oxygens (including phenoxy) is 3. The van der Waals surface area contributed by atoms with E-state index in [1.54, 1.807) is 36.4 Å². The number of hydrogen-bond donors (Lipinski definition) is 0. The fraction of sp³-hybridized carbons (Fsp3) is 0.375. The summed E-state index contributed by atoms with van der Waals surface area (Å²) in [5.74, 6) is 2.11. The third kappa shape index (κ3) is 7.47. The smallest absolute Gasteiger partial charge is 0.343 e. The van der Waals surface area contributed by atoms with Crippen LogP contribution in [0.5, 0.6) is 17.2 Å². The van der Waals surface area contributed by atoms with E-state index in [0.717, 1.165) is 37.2 Å². The van der Waals surface area contributed by atoms with E-state index in [1.807, 2.05) is 18.2 Å². The number of hydrogen-bond acceptors (Lipinski definition) is 4. The summed E-state index contributed by atoms with van der Waals surface area (Å²) in [4.78, 5) is 12.3. The molecule has 1 unspecified atom stereocenters. The first kappa shape index (κ1) is 21.5. The van der Waals surface area contributed by atoms with Crippen LogP contribution in [0.3, 0.4) is 0 Å². The Bertz CT molecular complexity index is 719. The van der Waals surface area contributed by atoms with E-state index in [0.29, 0.717) is 30.4 Å². The molecule has 1 atom stereocenters. The van der Waals surface area contributed by atoms with E-state index in [-0.39, 0.29) is 0 Å². The molecule has 0 bridgehead atoms. The molecule has 0 N–H and O–H groups in total. The second kappa shape index (κ2) is 11.9. The van der Waals surface area contributed by atoms with Gasteiger partial charge in [0.2, 0.25) is 0 Å². The fourth-order valence-corrected chi connectivity index (χ4v) is 2.39. The standard InChI is InChI=1S/C24H30O4/c1-4-6-7-8-17-26-21-13-15-23(16-14-21)28-24(25)20-9-11-22(12-10-20)27-18-19(3)5-2/h4,9-16,19H,1,5-8,17-18H2,2-3H3. The van der Waals surface area contributed by atoms with Crippen LogP contribution in [0, 0.1) is 5.92 Å². The van der Waals surface area contributed by atoms with Crippen LogP contribution in [0.15, 0.2) is 61.2 Å². The largest absolute Gasteiger partial charge is 0.494 e. The highest BCUT2D eigenvalue weighted by Gasteiger charge is 2.09. The lowest BCUT2D eigenvalue weighted by Gasteiger charge is -2.11. The topological polar surface area (TPSA) is 44.8 Å². The summed E-state index contributed by atoms with van der Waals surface area (Å²) in [6.07, 6.45) is 6.05. The van der Waals surface area contributed by atoms with Crippen LogP contribution >= 0.6 is 0 Å². The molecule has 2 aromatic carbocycles. The molecule has 2 aromatic rings. The molecule has 2 rings (SSSR count). The molecule has 0 aliphatic carbocycles. The lowest BCUT2D eigenvalue weighted by Crippen LogP contribution is -2.09. The number of allylic oxidation sites excluding steroid dienone is 1. The van der Waals surface area contributed by atoms with Crippen LogP contribution in [0.25, 0.3) is 0 Å². The zero-order valence-corrected chi connectivity index (χ0v) is 16.9. The molecule has 0 fully saturated rings. The molecule has 4 heteroatoms. The molecular weight excluding hydrogens is 352 g/mol. The highest BCUT2D eigenvalue weighted by molar-refractivity contribution is 5.91. The molecule has 0 saturated heterocycles. The van der Waals surface area contributed by atoms with E-state index in [2.05, 4.69) is 20.4 Å². The fourth-order valence-electron chi connectivity index (χ4n) is 2.39. The average Bonchev–Trinajstić information content (AvgIpc) is 2.73. The van der Waals surface area contributed by atoms with Crippen molar-refractivity contribution in [3.05, 3.63) is 66.7 Å². The van der Waals surface area contributed by atoms with Crippen molar-refractivity contribution >= 4 is 5.97 Å². The van der Waals surface area contributed by atoms with Gasteiger partial charge in [0, 0.05) is 0 Å². The van der Waals surface area contributed by atoms with Gasteiger partial charge in [0.05, 0.1) is 18.8 Å². The van der Waals surface area contributed by atoms with Crippen molar-refractivity contribution in [3.8, 4) is 17.2 Å². The number of carbonyl (C=O) groups excluding carboxylic acids is 1. The summed E-state index contributed by atoms with van der Waals surface area (Å²) >= 11 is 0. The van der Waals surface area contributed by atoms with Crippen LogP contribution < -0.4 is 14.2 Å². The molecular formula is C24H30O4. The van der Waals surface area contributed by atoms with E-state index in [1.165, 1.54) is 0 Å². The Balaban J connectivity index is 1.81. The molecule has 0 aliphatic rings. The normalized spacial score (nSPS) is 11.5. The number of rotatable bonds is 12. The van der Waals surface area contributed by atoms with Gasteiger partial charge in [-0.3, -0.25) is 0 Å². The van der Waals surface area contributed by atoms with Crippen LogP contribution in [-0.2, 0) is 0 Å². The van der Waals surface area contributed by atoms with Crippen LogP contribution in [0.2, 0.25) is 0 Å². The van der Waals surface area contributed by atoms with Crippen LogP contribution in [-0.4, -0.2) is 19.2 Å². The average molecular weight is 383 g/mol. The van der Waals surface area contributed by atoms with Gasteiger partial charge in [-0.05, 0) is 73.7 Å². The van der Waals surface area contributed by atoms with Gasteiger partial charge < -0.3 is 14.2 Å². The van der Waals surface area contributed by atoms with Crippen molar-refractivity contribution in [2.75, 3.05) is 13.2 Å². The summed E-state index contributed by atoms with van der Waals surface area (Å²) in [6, 6.07) is 14.1. The Morgan fingerprint density at radius 3 is 2.21 bits per heavy atom. The minimum atomic E-state index is -0.397. The highest BCUT2D eigenvalue weighted by Crippen LogP contribution is 2.20. The summed E-state index contributed by atoms with van der Waals surface area (Å²) in [6.45, 7) is 9.32. The number of unbranched alkanes of at least 4 members (excludes halogenated alkanes) is 2. The lowest BCUT2D eigenvalue weighted by atomic mass is 10.1. The molecule has 4 nitrogen and oxygen atoms in total. The quantitative estimate of drug-likeness (QED) is 0.193. The molecule has 0 spiro atoms. The number of carbonyl (C=O) groups is 1. The van der Waals surface area contributed by atoms with Gasteiger partial charge in [-0.25, -0.2) is 4.79 Å². The first-order valence-corrected chi connectivity index (χ1v) is 9.91. The van der Waals surface area contributed by atoms with Crippen LogP contribution in [0.4, 0.5) is 0 Å². The Morgan fingerprint density at radius 1 is 0.964 bits per heavy atom. The maximum atomic E-state index is 12.3. The minimum Gasteiger partial charge on any atom is -0.494 e. The number of esters is 1. The van der Waals surface area contributed by atoms with Crippen molar-refractivity contribution in [2.24, 2.45) is 5.92 Å². The summed E-state index contributed by atoms with van der Waals surface area (Å²) in [5.41, 5.74) is 0.485. The van der Waals surface area contributed by atoms with E-state index in [4.69, 9.17) is 14.2 Å². The third-order valence-corrected chi connectivity index (χ3v) is 4.43.